The van der Waals surface area contributed by atoms with Gasteiger partial charge in [-0.2, -0.15) is 0 Å². The normalized spacial score (nSPS) is 20.0. The van der Waals surface area contributed by atoms with Crippen molar-refractivity contribution in [2.45, 2.75) is 45.1 Å². The van der Waals surface area contributed by atoms with Crippen molar-refractivity contribution in [3.63, 3.8) is 0 Å². The second-order valence-corrected chi connectivity index (χ2v) is 8.00. The van der Waals surface area contributed by atoms with Crippen LogP contribution in [0.25, 0.3) is 0 Å². The zero-order chi connectivity index (χ0) is 22.0. The summed E-state index contributed by atoms with van der Waals surface area (Å²) in [6.45, 7) is 5.35. The van der Waals surface area contributed by atoms with E-state index in [0.717, 1.165) is 0 Å². The van der Waals surface area contributed by atoms with Gasteiger partial charge in [-0.05, 0) is 45.0 Å². The van der Waals surface area contributed by atoms with Crippen LogP contribution in [0.4, 0.5) is 5.69 Å². The zero-order valence-corrected chi connectivity index (χ0v) is 18.4. The largest absolute Gasteiger partial charge is 0.464 e. The number of rotatable bonds is 5. The second kappa shape index (κ2) is 9.35. The summed E-state index contributed by atoms with van der Waals surface area (Å²) in [5.41, 5.74) is 1.77. The first-order valence-corrected chi connectivity index (χ1v) is 10.4. The predicted molar refractivity (Wildman–Crippen MR) is 115 cm³/mol. The molecule has 3 atom stereocenters. The third kappa shape index (κ3) is 4.32. The molecule has 3 rings (SSSR count). The summed E-state index contributed by atoms with van der Waals surface area (Å²) in [7, 11) is 0. The van der Waals surface area contributed by atoms with Gasteiger partial charge >= 0.3 is 5.97 Å². The fourth-order valence-corrected chi connectivity index (χ4v) is 3.93. The van der Waals surface area contributed by atoms with Crippen LogP contribution in [0.1, 0.15) is 38.0 Å². The number of esters is 1. The fourth-order valence-electron chi connectivity index (χ4n) is 3.51. The van der Waals surface area contributed by atoms with Crippen LogP contribution in [0.3, 0.4) is 0 Å². The molecule has 0 aliphatic carbocycles. The number of hydrogen-bond acceptors (Lipinski definition) is 5. The monoisotopic (exact) mass is 451 g/mol. The molecule has 1 heterocycles. The number of carbonyl (C=O) groups is 2. The molecule has 0 saturated heterocycles. The number of aliphatic hydroxyl groups excluding tert-OH is 1. The summed E-state index contributed by atoms with van der Waals surface area (Å²) in [6, 6.07) is 11.9. The highest BCUT2D eigenvalue weighted by atomic mass is 35.5. The Hall–Kier alpha value is -2.12. The van der Waals surface area contributed by atoms with E-state index in [2.05, 4.69) is 0 Å². The molecule has 2 aromatic carbocycles. The molecule has 160 valence electrons. The SMILES string of the molecule is CCOC(=O)[C@@H](O)[C@H]1O[C@@H](c2ccccc2Cl)c2cc(Cl)ccc2N(C(C)C)C1=O. The van der Waals surface area contributed by atoms with E-state index in [-0.39, 0.29) is 12.6 Å². The van der Waals surface area contributed by atoms with Gasteiger partial charge in [-0.15, -0.1) is 0 Å². The molecule has 0 aromatic heterocycles. The van der Waals surface area contributed by atoms with E-state index in [1.165, 1.54) is 4.90 Å². The number of aliphatic hydroxyl groups is 1. The van der Waals surface area contributed by atoms with Crippen molar-refractivity contribution in [2.24, 2.45) is 0 Å². The van der Waals surface area contributed by atoms with E-state index in [1.807, 2.05) is 13.8 Å². The lowest BCUT2D eigenvalue weighted by Gasteiger charge is -2.29. The van der Waals surface area contributed by atoms with Crippen molar-refractivity contribution in [2.75, 3.05) is 11.5 Å². The van der Waals surface area contributed by atoms with Crippen molar-refractivity contribution in [3.05, 3.63) is 63.6 Å². The maximum Gasteiger partial charge on any atom is 0.338 e. The van der Waals surface area contributed by atoms with E-state index < -0.39 is 30.2 Å². The first-order chi connectivity index (χ1) is 14.3. The number of halogens is 2. The van der Waals surface area contributed by atoms with Crippen LogP contribution in [-0.4, -0.2) is 41.8 Å². The van der Waals surface area contributed by atoms with Crippen molar-refractivity contribution in [1.82, 2.24) is 0 Å². The van der Waals surface area contributed by atoms with Crippen LogP contribution in [0.15, 0.2) is 42.5 Å². The third-order valence-electron chi connectivity index (χ3n) is 4.81. The summed E-state index contributed by atoms with van der Waals surface area (Å²) in [4.78, 5) is 27.2. The molecule has 2 aromatic rings. The van der Waals surface area contributed by atoms with Gasteiger partial charge in [0.25, 0.3) is 5.91 Å². The van der Waals surface area contributed by atoms with Crippen LogP contribution in [-0.2, 0) is 19.1 Å². The Morgan fingerprint density at radius 2 is 1.90 bits per heavy atom. The van der Waals surface area contributed by atoms with E-state index >= 15 is 0 Å². The Morgan fingerprint density at radius 1 is 1.20 bits per heavy atom. The van der Waals surface area contributed by atoms with Gasteiger partial charge in [0.1, 0.15) is 6.10 Å². The Bertz CT molecular complexity index is 949. The maximum atomic E-state index is 13.4. The molecule has 0 unspecified atom stereocenters. The van der Waals surface area contributed by atoms with Crippen LogP contribution < -0.4 is 4.90 Å². The maximum absolute atomic E-state index is 13.4. The summed E-state index contributed by atoms with van der Waals surface area (Å²) in [6.07, 6.45) is -4.12. The predicted octanol–water partition coefficient (Wildman–Crippen LogP) is 4.15. The van der Waals surface area contributed by atoms with E-state index in [0.29, 0.717) is 26.9 Å². The minimum Gasteiger partial charge on any atom is -0.464 e. The van der Waals surface area contributed by atoms with Gasteiger partial charge in [0.15, 0.2) is 12.2 Å². The molecular weight excluding hydrogens is 429 g/mol. The molecule has 1 amide bonds. The number of amides is 1. The van der Waals surface area contributed by atoms with Crippen LogP contribution >= 0.6 is 23.2 Å². The molecule has 0 fully saturated rings. The summed E-state index contributed by atoms with van der Waals surface area (Å²) in [5, 5.41) is 11.5. The van der Waals surface area contributed by atoms with Gasteiger partial charge in [-0.3, -0.25) is 4.79 Å². The second-order valence-electron chi connectivity index (χ2n) is 7.16. The van der Waals surface area contributed by atoms with Gasteiger partial charge in [0.2, 0.25) is 0 Å². The number of ether oxygens (including phenoxy) is 2. The highest BCUT2D eigenvalue weighted by Crippen LogP contribution is 2.42. The quantitative estimate of drug-likeness (QED) is 0.690. The Morgan fingerprint density at radius 3 is 2.53 bits per heavy atom. The third-order valence-corrected chi connectivity index (χ3v) is 5.39. The number of anilines is 1. The van der Waals surface area contributed by atoms with Crippen molar-refractivity contribution in [1.29, 1.82) is 0 Å². The zero-order valence-electron chi connectivity index (χ0n) is 16.8. The molecule has 0 saturated carbocycles. The molecule has 8 heteroatoms. The van der Waals surface area contributed by atoms with E-state index in [9.17, 15) is 14.7 Å². The molecule has 1 aliphatic rings. The minimum atomic E-state index is -1.80. The van der Waals surface area contributed by atoms with Gasteiger partial charge in [-0.1, -0.05) is 41.4 Å². The molecule has 30 heavy (non-hydrogen) atoms. The number of nitrogens with zero attached hydrogens (tertiary/aromatic N) is 1. The first kappa shape index (κ1) is 22.6. The topological polar surface area (TPSA) is 76.1 Å². The van der Waals surface area contributed by atoms with Gasteiger partial charge in [0.05, 0.1) is 12.3 Å². The summed E-state index contributed by atoms with van der Waals surface area (Å²) >= 11 is 12.7. The van der Waals surface area contributed by atoms with Gasteiger partial charge < -0.3 is 19.5 Å². The molecule has 0 bridgehead atoms. The van der Waals surface area contributed by atoms with Crippen molar-refractivity contribution in [3.8, 4) is 0 Å². The lowest BCUT2D eigenvalue weighted by molar-refractivity contribution is -0.168. The smallest absolute Gasteiger partial charge is 0.338 e. The average Bonchev–Trinajstić information content (AvgIpc) is 2.82. The van der Waals surface area contributed by atoms with Crippen LogP contribution in [0.2, 0.25) is 10.0 Å². The number of fused-ring (bicyclic) bond motifs is 1. The highest BCUT2D eigenvalue weighted by Gasteiger charge is 2.44. The lowest BCUT2D eigenvalue weighted by atomic mass is 9.99. The molecule has 6 nitrogen and oxygen atoms in total. The molecule has 0 radical (unpaired) electrons. The standard InChI is InChI=1S/C22H23Cl2NO5/c1-4-29-22(28)18(26)20-21(27)25(12(2)3)17-10-9-13(23)11-15(17)19(30-20)14-7-5-6-8-16(14)24/h5-12,18-20,26H,4H2,1-3H3/t18-,19-,20+/m0/s1. The van der Waals surface area contributed by atoms with Gasteiger partial charge in [-0.25, -0.2) is 4.79 Å². The average molecular weight is 452 g/mol. The van der Waals surface area contributed by atoms with E-state index in [1.54, 1.807) is 49.4 Å². The van der Waals surface area contributed by atoms with Crippen LogP contribution in [0, 0.1) is 0 Å². The highest BCUT2D eigenvalue weighted by molar-refractivity contribution is 6.31. The number of carbonyl (C=O) groups excluding carboxylic acids is 2. The van der Waals surface area contributed by atoms with E-state index in [4.69, 9.17) is 32.7 Å². The molecule has 1 aliphatic heterocycles. The van der Waals surface area contributed by atoms with Crippen LogP contribution in [0.5, 0.6) is 0 Å². The molecular formula is C22H23Cl2NO5. The lowest BCUT2D eigenvalue weighted by Crippen LogP contribution is -2.51. The molecule has 0 spiro atoms. The first-order valence-electron chi connectivity index (χ1n) is 9.63. The van der Waals surface area contributed by atoms with Gasteiger partial charge in [0, 0.05) is 27.2 Å². The fraction of sp³-hybridized carbons (Fsp3) is 0.364. The van der Waals surface area contributed by atoms with Crippen molar-refractivity contribution < 1.29 is 24.2 Å². The minimum absolute atomic E-state index is 0.0640. The Labute approximate surface area is 185 Å². The number of benzene rings is 2. The Balaban J connectivity index is 2.21. The molecule has 1 N–H and O–H groups in total. The summed E-state index contributed by atoms with van der Waals surface area (Å²) < 4.78 is 11.0. The number of hydrogen-bond donors (Lipinski definition) is 1. The van der Waals surface area contributed by atoms with Crippen molar-refractivity contribution >= 4 is 40.8 Å². The Kier molecular flexibility index (Phi) is 7.03. The summed E-state index contributed by atoms with van der Waals surface area (Å²) in [5.74, 6) is -1.48.